The first-order valence-corrected chi connectivity index (χ1v) is 8.64. The molecule has 0 unspecified atom stereocenters. The van der Waals surface area contributed by atoms with E-state index in [4.69, 9.17) is 5.26 Å². The third kappa shape index (κ3) is 3.42. The molecule has 0 atom stereocenters. The summed E-state index contributed by atoms with van der Waals surface area (Å²) in [6.07, 6.45) is 0.978. The first-order valence-electron chi connectivity index (χ1n) is 7.84. The van der Waals surface area contributed by atoms with Crippen molar-refractivity contribution in [2.24, 2.45) is 5.41 Å². The number of amides is 2. The molecule has 2 aromatic rings. The molecule has 0 aliphatic heterocycles. The lowest BCUT2D eigenvalue weighted by Gasteiger charge is -2.17. The minimum atomic E-state index is -1.08. The largest absolute Gasteiger partial charge is 0.324 e. The van der Waals surface area contributed by atoms with Gasteiger partial charge in [-0.25, -0.2) is 0 Å². The van der Waals surface area contributed by atoms with Gasteiger partial charge in [-0.3, -0.25) is 9.59 Å². The summed E-state index contributed by atoms with van der Waals surface area (Å²) in [4.78, 5) is 25.3. The van der Waals surface area contributed by atoms with Crippen molar-refractivity contribution in [1.82, 2.24) is 0 Å². The number of nitrogens with one attached hydrogen (secondary N) is 2. The van der Waals surface area contributed by atoms with Crippen molar-refractivity contribution in [3.63, 3.8) is 0 Å². The van der Waals surface area contributed by atoms with Crippen LogP contribution < -0.4 is 10.6 Å². The summed E-state index contributed by atoms with van der Waals surface area (Å²) in [5.41, 5.74) is 1.41. The molecule has 2 amide bonds. The molecule has 6 heteroatoms. The van der Waals surface area contributed by atoms with Crippen molar-refractivity contribution in [2.75, 3.05) is 10.6 Å². The van der Waals surface area contributed by atoms with Crippen LogP contribution in [-0.4, -0.2) is 11.8 Å². The van der Waals surface area contributed by atoms with Crippen molar-refractivity contribution >= 4 is 39.1 Å². The summed E-state index contributed by atoms with van der Waals surface area (Å²) in [6, 6.07) is 14.4. The summed E-state index contributed by atoms with van der Waals surface area (Å²) in [5.74, 6) is -0.708. The number of hydrogen-bond donors (Lipinski definition) is 2. The van der Waals surface area contributed by atoms with Crippen LogP contribution >= 0.6 is 15.9 Å². The topological polar surface area (TPSA) is 82.0 Å². The minimum absolute atomic E-state index is 0.330. The number of benzene rings is 2. The van der Waals surface area contributed by atoms with Crippen molar-refractivity contribution in [3.05, 3.63) is 58.1 Å². The molecule has 0 aromatic heterocycles. The van der Waals surface area contributed by atoms with E-state index < -0.39 is 5.41 Å². The van der Waals surface area contributed by atoms with E-state index >= 15 is 0 Å². The molecule has 2 N–H and O–H groups in total. The molecule has 25 heavy (non-hydrogen) atoms. The summed E-state index contributed by atoms with van der Waals surface area (Å²) in [5, 5.41) is 14.7. The Labute approximate surface area is 154 Å². The van der Waals surface area contributed by atoms with Crippen LogP contribution in [0.15, 0.2) is 46.9 Å². The van der Waals surface area contributed by atoms with Gasteiger partial charge in [0.05, 0.1) is 16.9 Å². The van der Waals surface area contributed by atoms with E-state index in [9.17, 15) is 9.59 Å². The lowest BCUT2D eigenvalue weighted by molar-refractivity contribution is -0.131. The van der Waals surface area contributed by atoms with Crippen LogP contribution in [0.5, 0.6) is 0 Å². The first kappa shape index (κ1) is 17.2. The van der Waals surface area contributed by atoms with Gasteiger partial charge in [-0.2, -0.15) is 5.26 Å². The summed E-state index contributed by atoms with van der Waals surface area (Å²) >= 11 is 3.42. The smallest absolute Gasteiger partial charge is 0.240 e. The third-order valence-electron chi connectivity index (χ3n) is 4.29. The van der Waals surface area contributed by atoms with Crippen LogP contribution in [0.4, 0.5) is 11.4 Å². The number of anilines is 2. The van der Waals surface area contributed by atoms with Gasteiger partial charge in [-0.15, -0.1) is 0 Å². The molecule has 0 saturated heterocycles. The maximum absolute atomic E-state index is 12.7. The van der Waals surface area contributed by atoms with Crippen LogP contribution in [0.3, 0.4) is 0 Å². The van der Waals surface area contributed by atoms with Gasteiger partial charge in [0.15, 0.2) is 0 Å². The Balaban J connectivity index is 1.76. The Morgan fingerprint density at radius 2 is 1.72 bits per heavy atom. The number of para-hydroxylation sites is 1. The molecule has 0 spiro atoms. The first-order chi connectivity index (χ1) is 12.0. The standard InChI is InChI=1S/C19H16BrN3O2/c1-12-6-7-16(14(20)10-12)23-18(25)19(8-9-19)17(24)22-15-5-3-2-4-13(15)11-21/h2-7,10H,8-9H2,1H3,(H,22,24)(H,23,25). The average Bonchev–Trinajstić information content (AvgIpc) is 3.40. The van der Waals surface area contributed by atoms with E-state index in [1.807, 2.05) is 25.1 Å². The molecular formula is C19H16BrN3O2. The molecule has 3 rings (SSSR count). The molecule has 1 fully saturated rings. The second kappa shape index (κ2) is 6.69. The van der Waals surface area contributed by atoms with Gasteiger partial charge in [0.2, 0.25) is 11.8 Å². The molecule has 126 valence electrons. The lowest BCUT2D eigenvalue weighted by Crippen LogP contribution is -2.35. The van der Waals surface area contributed by atoms with Gasteiger partial charge in [0.25, 0.3) is 0 Å². The second-order valence-corrected chi connectivity index (χ2v) is 6.99. The number of carbonyl (C=O) groups is 2. The average molecular weight is 398 g/mol. The van der Waals surface area contributed by atoms with Crippen LogP contribution in [0.25, 0.3) is 0 Å². The Bertz CT molecular complexity index is 898. The van der Waals surface area contributed by atoms with Crippen molar-refractivity contribution in [3.8, 4) is 6.07 Å². The van der Waals surface area contributed by atoms with Gasteiger partial charge < -0.3 is 10.6 Å². The SMILES string of the molecule is Cc1ccc(NC(=O)C2(C(=O)Nc3ccccc3C#N)CC2)c(Br)c1. The Hall–Kier alpha value is -2.65. The molecule has 2 aromatic carbocycles. The van der Waals surface area contributed by atoms with E-state index in [0.29, 0.717) is 29.8 Å². The van der Waals surface area contributed by atoms with Gasteiger partial charge in [0.1, 0.15) is 11.5 Å². The molecule has 1 aliphatic carbocycles. The molecule has 0 bridgehead atoms. The quantitative estimate of drug-likeness (QED) is 0.765. The molecule has 0 heterocycles. The van der Waals surface area contributed by atoms with E-state index in [1.165, 1.54) is 0 Å². The fourth-order valence-corrected chi connectivity index (χ4v) is 3.17. The predicted molar refractivity (Wildman–Crippen MR) is 99.0 cm³/mol. The fourth-order valence-electron chi connectivity index (χ4n) is 2.58. The highest BCUT2D eigenvalue weighted by Gasteiger charge is 2.56. The van der Waals surface area contributed by atoms with Gasteiger partial charge in [-0.1, -0.05) is 18.2 Å². The normalized spacial score (nSPS) is 14.3. The Morgan fingerprint density at radius 3 is 2.32 bits per heavy atom. The number of nitrogens with zero attached hydrogens (tertiary/aromatic N) is 1. The number of hydrogen-bond acceptors (Lipinski definition) is 3. The lowest BCUT2D eigenvalue weighted by atomic mass is 10.0. The van der Waals surface area contributed by atoms with Crippen LogP contribution in [0.2, 0.25) is 0 Å². The summed E-state index contributed by atoms with van der Waals surface area (Å²) in [6.45, 7) is 1.96. The van der Waals surface area contributed by atoms with Crippen molar-refractivity contribution in [2.45, 2.75) is 19.8 Å². The van der Waals surface area contributed by atoms with E-state index in [2.05, 4.69) is 26.6 Å². The van der Waals surface area contributed by atoms with E-state index in [0.717, 1.165) is 10.0 Å². The van der Waals surface area contributed by atoms with E-state index in [1.54, 1.807) is 30.3 Å². The molecular weight excluding hydrogens is 382 g/mol. The maximum atomic E-state index is 12.7. The number of halogens is 1. The monoisotopic (exact) mass is 397 g/mol. The number of nitriles is 1. The molecule has 5 nitrogen and oxygen atoms in total. The second-order valence-electron chi connectivity index (χ2n) is 6.13. The zero-order valence-electron chi connectivity index (χ0n) is 13.6. The summed E-state index contributed by atoms with van der Waals surface area (Å²) in [7, 11) is 0. The van der Waals surface area contributed by atoms with Gasteiger partial charge in [0, 0.05) is 4.47 Å². The molecule has 0 radical (unpaired) electrons. The van der Waals surface area contributed by atoms with Crippen LogP contribution in [0.1, 0.15) is 24.0 Å². The molecule has 1 saturated carbocycles. The highest BCUT2D eigenvalue weighted by Crippen LogP contribution is 2.48. The van der Waals surface area contributed by atoms with Crippen LogP contribution in [0, 0.1) is 23.7 Å². The van der Waals surface area contributed by atoms with Gasteiger partial charge in [-0.05, 0) is 65.5 Å². The Morgan fingerprint density at radius 1 is 1.08 bits per heavy atom. The van der Waals surface area contributed by atoms with Gasteiger partial charge >= 0.3 is 0 Å². The minimum Gasteiger partial charge on any atom is -0.324 e. The number of carbonyl (C=O) groups excluding carboxylic acids is 2. The number of rotatable bonds is 4. The third-order valence-corrected chi connectivity index (χ3v) is 4.94. The van der Waals surface area contributed by atoms with Crippen molar-refractivity contribution < 1.29 is 9.59 Å². The summed E-state index contributed by atoms with van der Waals surface area (Å²) < 4.78 is 0.770. The van der Waals surface area contributed by atoms with Crippen LogP contribution in [-0.2, 0) is 9.59 Å². The predicted octanol–water partition coefficient (Wildman–Crippen LogP) is 3.99. The maximum Gasteiger partial charge on any atom is 0.240 e. The fraction of sp³-hybridized carbons (Fsp3) is 0.211. The number of aryl methyl sites for hydroxylation is 1. The highest BCUT2D eigenvalue weighted by molar-refractivity contribution is 9.10. The zero-order chi connectivity index (χ0) is 18.0. The zero-order valence-corrected chi connectivity index (χ0v) is 15.2. The van der Waals surface area contributed by atoms with Crippen molar-refractivity contribution in [1.29, 1.82) is 5.26 Å². The molecule has 1 aliphatic rings. The Kier molecular flexibility index (Phi) is 4.60. The highest BCUT2D eigenvalue weighted by atomic mass is 79.9. The van der Waals surface area contributed by atoms with E-state index in [-0.39, 0.29) is 11.8 Å².